The number of carbonyl (C=O) groups excluding carboxylic acids is 4. The molecule has 1 saturated heterocycles. The Kier molecular flexibility index (Phi) is 16.7. The first-order chi connectivity index (χ1) is 24.7. The van der Waals surface area contributed by atoms with E-state index in [1.807, 2.05) is 88.4 Å². The number of carboxylic acids is 1. The summed E-state index contributed by atoms with van der Waals surface area (Å²) in [7, 11) is 0. The summed E-state index contributed by atoms with van der Waals surface area (Å²) in [5.41, 5.74) is 12.8. The van der Waals surface area contributed by atoms with E-state index in [2.05, 4.69) is 21.3 Å². The molecule has 52 heavy (non-hydrogen) atoms. The molecule has 0 spiro atoms. The third-order valence-electron chi connectivity index (χ3n) is 9.40. The molecule has 13 nitrogen and oxygen atoms in total. The van der Waals surface area contributed by atoms with Crippen LogP contribution in [-0.2, 0) is 36.8 Å². The number of carbonyl (C=O) groups is 5. The first-order valence-corrected chi connectivity index (χ1v) is 18.5. The van der Waals surface area contributed by atoms with Crippen LogP contribution in [0.5, 0.6) is 0 Å². The topological polar surface area (TPSA) is 209 Å². The Hall–Kier alpha value is -4.33. The lowest BCUT2D eigenvalue weighted by Gasteiger charge is -2.38. The summed E-state index contributed by atoms with van der Waals surface area (Å²) in [4.78, 5) is 68.3. The lowest BCUT2D eigenvalue weighted by atomic mass is 9.88. The summed E-state index contributed by atoms with van der Waals surface area (Å²) in [6, 6.07) is 15.5. The number of aryl methyl sites for hydroxylation is 1. The molecule has 0 aliphatic carbocycles. The standard InChI is InChI=1S/C39H59N7O6/c1-26(2)24-33(36(49)44-32(16-11-21-42-27(3)4)37(50)46-22-19-39(41,20-23-46)38(51)52)45-35(48)31(18-17-28-12-7-5-8-13-28)43-34(47)30(40)25-29-14-9-6-10-15-29/h5-10,12-15,26-27,30-33,42H,11,16-25,40-41H2,1-4H3,(H,43,47)(H,44,49)(H,45,48)(H,51,52)/t30-,31-,32-,33-/m1/s1. The Morgan fingerprint density at radius 1 is 0.769 bits per heavy atom. The molecular formula is C39H59N7O6. The number of nitrogens with two attached hydrogens (primary N) is 2. The summed E-state index contributed by atoms with van der Waals surface area (Å²) in [5, 5.41) is 21.5. The number of nitrogens with zero attached hydrogens (tertiary/aromatic N) is 1. The van der Waals surface area contributed by atoms with Crippen molar-refractivity contribution in [2.75, 3.05) is 19.6 Å². The van der Waals surface area contributed by atoms with E-state index in [0.29, 0.717) is 32.2 Å². The molecule has 0 bridgehead atoms. The quantitative estimate of drug-likeness (QED) is 0.0995. The van der Waals surface area contributed by atoms with E-state index in [-0.39, 0.29) is 56.6 Å². The Morgan fingerprint density at radius 2 is 1.31 bits per heavy atom. The average molecular weight is 722 g/mol. The Bertz CT molecular complexity index is 1450. The van der Waals surface area contributed by atoms with Gasteiger partial charge in [0.2, 0.25) is 23.6 Å². The molecule has 2 aromatic rings. The van der Waals surface area contributed by atoms with Gasteiger partial charge in [0.15, 0.2) is 0 Å². The molecule has 0 aromatic heterocycles. The number of nitrogens with one attached hydrogen (secondary N) is 4. The van der Waals surface area contributed by atoms with E-state index < -0.39 is 53.4 Å². The highest BCUT2D eigenvalue weighted by molar-refractivity contribution is 5.95. The number of piperidine rings is 1. The molecule has 1 aliphatic rings. The van der Waals surface area contributed by atoms with Crippen molar-refractivity contribution >= 4 is 29.6 Å². The van der Waals surface area contributed by atoms with Crippen molar-refractivity contribution < 1.29 is 29.1 Å². The van der Waals surface area contributed by atoms with E-state index in [0.717, 1.165) is 11.1 Å². The zero-order valence-electron chi connectivity index (χ0n) is 31.1. The number of benzene rings is 2. The van der Waals surface area contributed by atoms with Gasteiger partial charge in [-0.1, -0.05) is 88.4 Å². The van der Waals surface area contributed by atoms with Gasteiger partial charge in [-0.05, 0) is 75.0 Å². The number of hydrogen-bond acceptors (Lipinski definition) is 8. The third-order valence-corrected chi connectivity index (χ3v) is 9.40. The van der Waals surface area contributed by atoms with Gasteiger partial charge in [-0.25, -0.2) is 0 Å². The molecule has 0 radical (unpaired) electrons. The molecule has 286 valence electrons. The highest BCUT2D eigenvalue weighted by Crippen LogP contribution is 2.21. The number of amides is 4. The average Bonchev–Trinajstić information content (AvgIpc) is 3.11. The van der Waals surface area contributed by atoms with Crippen molar-refractivity contribution in [2.24, 2.45) is 17.4 Å². The lowest BCUT2D eigenvalue weighted by Crippen LogP contribution is -2.60. The van der Waals surface area contributed by atoms with E-state index >= 15 is 0 Å². The fourth-order valence-electron chi connectivity index (χ4n) is 6.23. The molecule has 1 heterocycles. The van der Waals surface area contributed by atoms with Crippen molar-refractivity contribution in [1.82, 2.24) is 26.2 Å². The van der Waals surface area contributed by atoms with Gasteiger partial charge in [-0.3, -0.25) is 24.0 Å². The first-order valence-electron chi connectivity index (χ1n) is 18.5. The maximum absolute atomic E-state index is 14.0. The zero-order valence-corrected chi connectivity index (χ0v) is 31.1. The van der Waals surface area contributed by atoms with Crippen LogP contribution >= 0.6 is 0 Å². The Morgan fingerprint density at radius 3 is 1.87 bits per heavy atom. The van der Waals surface area contributed by atoms with Gasteiger partial charge in [0.1, 0.15) is 23.7 Å². The van der Waals surface area contributed by atoms with E-state index in [4.69, 9.17) is 11.5 Å². The number of hydrogen-bond donors (Lipinski definition) is 7. The second-order valence-electron chi connectivity index (χ2n) is 14.7. The number of likely N-dealkylation sites (tertiary alicyclic amines) is 1. The van der Waals surface area contributed by atoms with Crippen LogP contribution < -0.4 is 32.7 Å². The normalized spacial score (nSPS) is 16.4. The van der Waals surface area contributed by atoms with Crippen LogP contribution in [0.25, 0.3) is 0 Å². The van der Waals surface area contributed by atoms with Crippen LogP contribution in [0.3, 0.4) is 0 Å². The lowest BCUT2D eigenvalue weighted by molar-refractivity contribution is -0.148. The molecular weight excluding hydrogens is 662 g/mol. The van der Waals surface area contributed by atoms with Gasteiger partial charge in [0, 0.05) is 19.1 Å². The molecule has 13 heteroatoms. The van der Waals surface area contributed by atoms with Crippen LogP contribution in [0.1, 0.15) is 77.3 Å². The van der Waals surface area contributed by atoms with Crippen LogP contribution in [0.4, 0.5) is 0 Å². The van der Waals surface area contributed by atoms with Crippen molar-refractivity contribution in [3.8, 4) is 0 Å². The summed E-state index contributed by atoms with van der Waals surface area (Å²) < 4.78 is 0. The minimum absolute atomic E-state index is 0.00730. The molecule has 4 atom stereocenters. The van der Waals surface area contributed by atoms with E-state index in [9.17, 15) is 29.1 Å². The maximum atomic E-state index is 14.0. The Balaban J connectivity index is 1.77. The fourth-order valence-corrected chi connectivity index (χ4v) is 6.23. The van der Waals surface area contributed by atoms with Crippen LogP contribution in [0.15, 0.2) is 60.7 Å². The van der Waals surface area contributed by atoms with Crippen molar-refractivity contribution in [3.05, 3.63) is 71.8 Å². The summed E-state index contributed by atoms with van der Waals surface area (Å²) in [6.07, 6.45) is 2.48. The van der Waals surface area contributed by atoms with E-state index in [1.165, 1.54) is 0 Å². The van der Waals surface area contributed by atoms with Gasteiger partial charge in [-0.2, -0.15) is 0 Å². The fraction of sp³-hybridized carbons (Fsp3) is 0.564. The summed E-state index contributed by atoms with van der Waals surface area (Å²) in [6.45, 7) is 8.83. The van der Waals surface area contributed by atoms with Gasteiger partial charge in [-0.15, -0.1) is 0 Å². The van der Waals surface area contributed by atoms with Crippen LogP contribution in [0.2, 0.25) is 0 Å². The second kappa shape index (κ2) is 20.6. The monoisotopic (exact) mass is 721 g/mol. The van der Waals surface area contributed by atoms with Crippen LogP contribution in [0, 0.1) is 5.92 Å². The minimum Gasteiger partial charge on any atom is -0.480 e. The predicted molar refractivity (Wildman–Crippen MR) is 201 cm³/mol. The van der Waals surface area contributed by atoms with Gasteiger partial charge in [0.25, 0.3) is 0 Å². The van der Waals surface area contributed by atoms with E-state index in [1.54, 1.807) is 4.90 Å². The third kappa shape index (κ3) is 13.7. The molecule has 2 aromatic carbocycles. The van der Waals surface area contributed by atoms with Gasteiger partial charge < -0.3 is 42.7 Å². The number of carboxylic acid groups (broad SMARTS) is 1. The SMILES string of the molecule is CC(C)C[C@@H](NC(=O)[C@@H](CCc1ccccc1)NC(=O)[C@H](N)Cc1ccccc1)C(=O)N[C@H](CCCNC(C)C)C(=O)N1CCC(N)(C(=O)O)CC1. The smallest absolute Gasteiger partial charge is 0.323 e. The molecule has 1 aliphatic heterocycles. The maximum Gasteiger partial charge on any atom is 0.323 e. The zero-order chi connectivity index (χ0) is 38.3. The molecule has 3 rings (SSSR count). The van der Waals surface area contributed by atoms with Crippen LogP contribution in [-0.4, -0.2) is 95.0 Å². The molecule has 4 amide bonds. The molecule has 0 saturated carbocycles. The Labute approximate surface area is 308 Å². The number of rotatable bonds is 20. The minimum atomic E-state index is -1.40. The predicted octanol–water partition coefficient (Wildman–Crippen LogP) is 1.87. The summed E-state index contributed by atoms with van der Waals surface area (Å²) >= 11 is 0. The van der Waals surface area contributed by atoms with Gasteiger partial charge >= 0.3 is 5.97 Å². The first kappa shape index (κ1) is 42.1. The highest BCUT2D eigenvalue weighted by Gasteiger charge is 2.40. The highest BCUT2D eigenvalue weighted by atomic mass is 16.4. The number of aliphatic carboxylic acids is 1. The van der Waals surface area contributed by atoms with Crippen molar-refractivity contribution in [3.63, 3.8) is 0 Å². The van der Waals surface area contributed by atoms with Gasteiger partial charge in [0.05, 0.1) is 6.04 Å². The second-order valence-corrected chi connectivity index (χ2v) is 14.7. The van der Waals surface area contributed by atoms with Crippen molar-refractivity contribution in [2.45, 2.75) is 115 Å². The summed E-state index contributed by atoms with van der Waals surface area (Å²) in [5.74, 6) is -2.93. The van der Waals surface area contributed by atoms with Crippen molar-refractivity contribution in [1.29, 1.82) is 0 Å². The largest absolute Gasteiger partial charge is 0.480 e. The molecule has 0 unspecified atom stereocenters. The molecule has 9 N–H and O–H groups in total. The molecule has 1 fully saturated rings.